The molecule has 0 aromatic heterocycles. The van der Waals surface area contributed by atoms with E-state index in [4.69, 9.17) is 5.11 Å². The van der Waals surface area contributed by atoms with Crippen LogP contribution in [0.15, 0.2) is 18.2 Å². The Balaban J connectivity index is 1.81. The van der Waals surface area contributed by atoms with Crippen LogP contribution in [0.3, 0.4) is 0 Å². The van der Waals surface area contributed by atoms with Crippen molar-refractivity contribution in [3.8, 4) is 0 Å². The second-order valence-electron chi connectivity index (χ2n) is 6.83. The molecule has 1 aliphatic rings. The fourth-order valence-corrected chi connectivity index (χ4v) is 3.46. The summed E-state index contributed by atoms with van der Waals surface area (Å²) in [7, 11) is 0. The van der Waals surface area contributed by atoms with Crippen LogP contribution >= 0.6 is 0 Å². The van der Waals surface area contributed by atoms with Gasteiger partial charge in [0.15, 0.2) is 0 Å². The molecule has 1 aromatic rings. The average molecular weight is 347 g/mol. The number of aryl methyl sites for hydroxylation is 2. The molecule has 6 heteroatoms. The Kier molecular flexibility index (Phi) is 6.96. The van der Waals surface area contributed by atoms with E-state index in [9.17, 15) is 9.59 Å². The lowest BCUT2D eigenvalue weighted by Crippen LogP contribution is -2.48. The topological polar surface area (TPSA) is 72.9 Å². The van der Waals surface area contributed by atoms with Crippen LogP contribution in [0.5, 0.6) is 0 Å². The number of likely N-dealkylation sites (tertiary alicyclic amines) is 1. The maximum Gasteiger partial charge on any atom is 0.317 e. The van der Waals surface area contributed by atoms with E-state index in [1.165, 1.54) is 5.56 Å². The first-order valence-electron chi connectivity index (χ1n) is 8.94. The Morgan fingerprint density at radius 2 is 1.96 bits per heavy atom. The molecule has 6 nitrogen and oxygen atoms in total. The quantitative estimate of drug-likeness (QED) is 0.790. The predicted octanol–water partition coefficient (Wildman–Crippen LogP) is 2.11. The minimum absolute atomic E-state index is 0.00304. The highest BCUT2D eigenvalue weighted by molar-refractivity contribution is 5.93. The lowest BCUT2D eigenvalue weighted by Gasteiger charge is -2.37. The summed E-state index contributed by atoms with van der Waals surface area (Å²) >= 11 is 0. The van der Waals surface area contributed by atoms with Crippen molar-refractivity contribution in [2.45, 2.75) is 39.7 Å². The summed E-state index contributed by atoms with van der Waals surface area (Å²) < 4.78 is 0. The first-order valence-corrected chi connectivity index (χ1v) is 8.94. The van der Waals surface area contributed by atoms with Gasteiger partial charge in [-0.3, -0.25) is 19.4 Å². The number of carboxylic acids is 1. The normalized spacial score (nSPS) is 16.2. The number of anilines is 1. The smallest absolute Gasteiger partial charge is 0.317 e. The van der Waals surface area contributed by atoms with Gasteiger partial charge >= 0.3 is 5.97 Å². The van der Waals surface area contributed by atoms with Crippen molar-refractivity contribution in [2.75, 3.05) is 38.0 Å². The molecule has 0 radical (unpaired) electrons. The standard InChI is InChI=1S/C19H29N3O3/c1-4-22(13-19(24)25)16-7-9-21(10-8-16)12-18(23)20-17-6-5-14(2)11-15(17)3/h5-6,11,16H,4,7-10,12-13H2,1-3H3,(H,20,23)(H,24,25). The molecule has 0 aliphatic carbocycles. The Hall–Kier alpha value is -1.92. The summed E-state index contributed by atoms with van der Waals surface area (Å²) in [5, 5.41) is 12.0. The van der Waals surface area contributed by atoms with E-state index in [0.717, 1.165) is 43.7 Å². The van der Waals surface area contributed by atoms with Crippen LogP contribution in [0.1, 0.15) is 30.9 Å². The van der Waals surface area contributed by atoms with Gasteiger partial charge < -0.3 is 10.4 Å². The fraction of sp³-hybridized carbons (Fsp3) is 0.579. The zero-order chi connectivity index (χ0) is 18.4. The molecular weight excluding hydrogens is 318 g/mol. The van der Waals surface area contributed by atoms with Crippen LogP contribution in [-0.2, 0) is 9.59 Å². The highest BCUT2D eigenvalue weighted by atomic mass is 16.4. The van der Waals surface area contributed by atoms with E-state index in [0.29, 0.717) is 12.6 Å². The van der Waals surface area contributed by atoms with E-state index >= 15 is 0 Å². The predicted molar refractivity (Wildman–Crippen MR) is 98.9 cm³/mol. The Bertz CT molecular complexity index is 610. The summed E-state index contributed by atoms with van der Waals surface area (Å²) in [4.78, 5) is 27.4. The highest BCUT2D eigenvalue weighted by Crippen LogP contribution is 2.18. The molecule has 2 N–H and O–H groups in total. The van der Waals surface area contributed by atoms with E-state index in [2.05, 4.69) is 16.3 Å². The number of likely N-dealkylation sites (N-methyl/N-ethyl adjacent to an activating group) is 1. The molecule has 138 valence electrons. The second kappa shape index (κ2) is 8.97. The molecule has 25 heavy (non-hydrogen) atoms. The average Bonchev–Trinajstić information content (AvgIpc) is 2.56. The van der Waals surface area contributed by atoms with Gasteiger partial charge in [0.05, 0.1) is 13.1 Å². The van der Waals surface area contributed by atoms with Crippen LogP contribution in [0.4, 0.5) is 5.69 Å². The number of amides is 1. The lowest BCUT2D eigenvalue weighted by molar-refractivity contribution is -0.139. The van der Waals surface area contributed by atoms with Gasteiger partial charge in [0, 0.05) is 24.8 Å². The number of carboxylic acid groups (broad SMARTS) is 1. The Labute approximate surface area is 149 Å². The van der Waals surface area contributed by atoms with Crippen LogP contribution < -0.4 is 5.32 Å². The van der Waals surface area contributed by atoms with Crippen LogP contribution in [0, 0.1) is 13.8 Å². The molecule has 1 aromatic carbocycles. The van der Waals surface area contributed by atoms with Gasteiger partial charge in [-0.25, -0.2) is 0 Å². The van der Waals surface area contributed by atoms with Gasteiger partial charge in [-0.2, -0.15) is 0 Å². The monoisotopic (exact) mass is 347 g/mol. The van der Waals surface area contributed by atoms with E-state index < -0.39 is 5.97 Å². The third kappa shape index (κ3) is 5.83. The number of nitrogens with zero attached hydrogens (tertiary/aromatic N) is 2. The van der Waals surface area contributed by atoms with Gasteiger partial charge in [0.2, 0.25) is 5.91 Å². The third-order valence-corrected chi connectivity index (χ3v) is 4.84. The van der Waals surface area contributed by atoms with Crippen molar-refractivity contribution in [2.24, 2.45) is 0 Å². The number of piperidine rings is 1. The van der Waals surface area contributed by atoms with Crippen molar-refractivity contribution >= 4 is 17.6 Å². The second-order valence-corrected chi connectivity index (χ2v) is 6.83. The number of aliphatic carboxylic acids is 1. The SMILES string of the molecule is CCN(CC(=O)O)C1CCN(CC(=O)Nc2ccc(C)cc2C)CC1. The summed E-state index contributed by atoms with van der Waals surface area (Å²) in [5.41, 5.74) is 3.11. The molecule has 0 saturated carbocycles. The summed E-state index contributed by atoms with van der Waals surface area (Å²) in [5.74, 6) is -0.777. The maximum atomic E-state index is 12.3. The maximum absolute atomic E-state index is 12.3. The number of carbonyl (C=O) groups excluding carboxylic acids is 1. The minimum Gasteiger partial charge on any atom is -0.480 e. The van der Waals surface area contributed by atoms with Crippen LogP contribution in [0.25, 0.3) is 0 Å². The molecule has 1 fully saturated rings. The van der Waals surface area contributed by atoms with E-state index in [-0.39, 0.29) is 12.5 Å². The molecular formula is C19H29N3O3. The number of benzene rings is 1. The zero-order valence-corrected chi connectivity index (χ0v) is 15.4. The number of rotatable bonds is 7. The molecule has 1 heterocycles. The molecule has 0 atom stereocenters. The summed E-state index contributed by atoms with van der Waals surface area (Å²) in [6.45, 7) is 8.88. The van der Waals surface area contributed by atoms with Gasteiger partial charge in [0.25, 0.3) is 0 Å². The van der Waals surface area contributed by atoms with Crippen LogP contribution in [0.2, 0.25) is 0 Å². The summed E-state index contributed by atoms with van der Waals surface area (Å²) in [6, 6.07) is 6.29. The Morgan fingerprint density at radius 3 is 2.52 bits per heavy atom. The van der Waals surface area contributed by atoms with E-state index in [1.54, 1.807) is 0 Å². The van der Waals surface area contributed by atoms with Gasteiger partial charge in [0.1, 0.15) is 0 Å². The zero-order valence-electron chi connectivity index (χ0n) is 15.4. The van der Waals surface area contributed by atoms with Gasteiger partial charge in [-0.15, -0.1) is 0 Å². The van der Waals surface area contributed by atoms with Crippen LogP contribution in [-0.4, -0.2) is 65.5 Å². The van der Waals surface area contributed by atoms with Gasteiger partial charge in [-0.05, 0) is 44.9 Å². The molecule has 0 bridgehead atoms. The lowest BCUT2D eigenvalue weighted by atomic mass is 10.0. The molecule has 1 aliphatic heterocycles. The molecule has 1 amide bonds. The third-order valence-electron chi connectivity index (χ3n) is 4.84. The summed E-state index contributed by atoms with van der Waals surface area (Å²) in [6.07, 6.45) is 1.80. The van der Waals surface area contributed by atoms with E-state index in [1.807, 2.05) is 37.8 Å². The van der Waals surface area contributed by atoms with Gasteiger partial charge in [-0.1, -0.05) is 24.6 Å². The molecule has 2 rings (SSSR count). The largest absolute Gasteiger partial charge is 0.480 e. The number of carbonyl (C=O) groups is 2. The Morgan fingerprint density at radius 1 is 1.28 bits per heavy atom. The first kappa shape index (κ1) is 19.4. The number of nitrogens with one attached hydrogen (secondary N) is 1. The van der Waals surface area contributed by atoms with Crippen molar-refractivity contribution in [3.05, 3.63) is 29.3 Å². The van der Waals surface area contributed by atoms with Crippen molar-refractivity contribution in [1.82, 2.24) is 9.80 Å². The number of hydrogen-bond donors (Lipinski definition) is 2. The fourth-order valence-electron chi connectivity index (χ4n) is 3.46. The molecule has 0 spiro atoms. The van der Waals surface area contributed by atoms with Crippen molar-refractivity contribution < 1.29 is 14.7 Å². The van der Waals surface area contributed by atoms with Crippen molar-refractivity contribution in [3.63, 3.8) is 0 Å². The highest BCUT2D eigenvalue weighted by Gasteiger charge is 2.25. The molecule has 0 unspecified atom stereocenters. The molecule has 1 saturated heterocycles. The number of hydrogen-bond acceptors (Lipinski definition) is 4. The minimum atomic E-state index is -0.780. The van der Waals surface area contributed by atoms with Crippen molar-refractivity contribution in [1.29, 1.82) is 0 Å². The first-order chi connectivity index (χ1) is 11.9.